The van der Waals surface area contributed by atoms with Crippen LogP contribution >= 0.6 is 0 Å². The summed E-state index contributed by atoms with van der Waals surface area (Å²) in [6.45, 7) is 5.78. The molecule has 7 nitrogen and oxygen atoms in total. The zero-order chi connectivity index (χ0) is 15.6. The van der Waals surface area contributed by atoms with Crippen molar-refractivity contribution in [2.75, 3.05) is 46.9 Å². The number of carbonyl (C=O) groups is 2. The number of urea groups is 1. The molecule has 0 radical (unpaired) electrons. The maximum atomic E-state index is 11.5. The summed E-state index contributed by atoms with van der Waals surface area (Å²) in [7, 11) is 3.92. The van der Waals surface area contributed by atoms with E-state index in [1.165, 1.54) is 0 Å². The number of rotatable bonds is 10. The average molecular weight is 289 g/mol. The monoisotopic (exact) mass is 289 g/mol. The molecule has 118 valence electrons. The van der Waals surface area contributed by atoms with Crippen LogP contribution in [0.1, 0.15) is 20.3 Å². The molecule has 0 fully saturated rings. The fraction of sp³-hybridized carbons (Fsp3) is 0.846. The summed E-state index contributed by atoms with van der Waals surface area (Å²) in [5.41, 5.74) is -0.931. The summed E-state index contributed by atoms with van der Waals surface area (Å²) in [4.78, 5) is 24.6. The SMILES string of the molecule is CCC(C)(CNC(=O)NCCOCCN(C)C)C(=O)O. The third kappa shape index (κ3) is 7.96. The van der Waals surface area contributed by atoms with Gasteiger partial charge in [-0.2, -0.15) is 0 Å². The lowest BCUT2D eigenvalue weighted by atomic mass is 9.88. The molecule has 0 aromatic carbocycles. The van der Waals surface area contributed by atoms with Gasteiger partial charge in [-0.15, -0.1) is 0 Å². The Morgan fingerprint density at radius 1 is 1.25 bits per heavy atom. The number of aliphatic carboxylic acids is 1. The lowest BCUT2D eigenvalue weighted by Crippen LogP contribution is -2.45. The Hall–Kier alpha value is -1.34. The first-order chi connectivity index (χ1) is 9.31. The summed E-state index contributed by atoms with van der Waals surface area (Å²) in [6.07, 6.45) is 0.455. The van der Waals surface area contributed by atoms with Gasteiger partial charge in [-0.1, -0.05) is 6.92 Å². The van der Waals surface area contributed by atoms with Gasteiger partial charge in [-0.3, -0.25) is 4.79 Å². The third-order valence-electron chi connectivity index (χ3n) is 3.15. The third-order valence-corrected chi connectivity index (χ3v) is 3.15. The van der Waals surface area contributed by atoms with Crippen LogP contribution in [0.5, 0.6) is 0 Å². The van der Waals surface area contributed by atoms with Crippen molar-refractivity contribution >= 4 is 12.0 Å². The summed E-state index contributed by atoms with van der Waals surface area (Å²) in [5, 5.41) is 14.3. The van der Waals surface area contributed by atoms with Gasteiger partial charge < -0.3 is 25.4 Å². The Labute approximate surface area is 120 Å². The second-order valence-corrected chi connectivity index (χ2v) is 5.24. The van der Waals surface area contributed by atoms with Gasteiger partial charge in [-0.05, 0) is 27.4 Å². The van der Waals surface area contributed by atoms with Gasteiger partial charge in [0.25, 0.3) is 0 Å². The van der Waals surface area contributed by atoms with Crippen LogP contribution in [0.3, 0.4) is 0 Å². The first-order valence-corrected chi connectivity index (χ1v) is 6.79. The molecule has 7 heteroatoms. The minimum atomic E-state index is -0.931. The standard InChI is InChI=1S/C13H27N3O4/c1-5-13(2,11(17)18)10-15-12(19)14-6-8-20-9-7-16(3)4/h5-10H2,1-4H3,(H,17,18)(H2,14,15,19). The van der Waals surface area contributed by atoms with Crippen molar-refractivity contribution in [2.45, 2.75) is 20.3 Å². The summed E-state index contributed by atoms with van der Waals surface area (Å²) in [5.74, 6) is -0.910. The van der Waals surface area contributed by atoms with E-state index in [0.29, 0.717) is 26.2 Å². The van der Waals surface area contributed by atoms with E-state index in [2.05, 4.69) is 10.6 Å². The van der Waals surface area contributed by atoms with Crippen LogP contribution < -0.4 is 10.6 Å². The Kier molecular flexibility index (Phi) is 8.91. The Bertz CT molecular complexity index is 310. The maximum absolute atomic E-state index is 11.5. The highest BCUT2D eigenvalue weighted by atomic mass is 16.5. The topological polar surface area (TPSA) is 90.9 Å². The molecule has 0 aliphatic rings. The van der Waals surface area contributed by atoms with Gasteiger partial charge >= 0.3 is 12.0 Å². The van der Waals surface area contributed by atoms with Gasteiger partial charge in [0.15, 0.2) is 0 Å². The van der Waals surface area contributed by atoms with Crippen molar-refractivity contribution in [1.29, 1.82) is 0 Å². The van der Waals surface area contributed by atoms with Crippen molar-refractivity contribution in [2.24, 2.45) is 5.41 Å². The molecular formula is C13H27N3O4. The fourth-order valence-corrected chi connectivity index (χ4v) is 1.28. The highest BCUT2D eigenvalue weighted by Crippen LogP contribution is 2.19. The second-order valence-electron chi connectivity index (χ2n) is 5.24. The first-order valence-electron chi connectivity index (χ1n) is 6.79. The number of nitrogens with zero attached hydrogens (tertiary/aromatic N) is 1. The maximum Gasteiger partial charge on any atom is 0.314 e. The number of carboxylic acid groups (broad SMARTS) is 1. The number of hydrogen-bond acceptors (Lipinski definition) is 4. The lowest BCUT2D eigenvalue weighted by Gasteiger charge is -2.23. The molecule has 0 aromatic rings. The van der Waals surface area contributed by atoms with E-state index in [0.717, 1.165) is 6.54 Å². The predicted molar refractivity (Wildman–Crippen MR) is 76.8 cm³/mol. The average Bonchev–Trinajstić information content (AvgIpc) is 2.39. The zero-order valence-electron chi connectivity index (χ0n) is 12.9. The number of likely N-dealkylation sites (N-methyl/N-ethyl adjacent to an activating group) is 1. The van der Waals surface area contributed by atoms with E-state index in [-0.39, 0.29) is 12.6 Å². The zero-order valence-corrected chi connectivity index (χ0v) is 12.9. The molecule has 3 N–H and O–H groups in total. The van der Waals surface area contributed by atoms with E-state index in [9.17, 15) is 9.59 Å². The fourth-order valence-electron chi connectivity index (χ4n) is 1.28. The summed E-state index contributed by atoms with van der Waals surface area (Å²) < 4.78 is 5.32. The van der Waals surface area contributed by atoms with Crippen LogP contribution in [-0.4, -0.2) is 69.0 Å². The Morgan fingerprint density at radius 2 is 1.90 bits per heavy atom. The molecule has 0 spiro atoms. The van der Waals surface area contributed by atoms with Crippen LogP contribution in [-0.2, 0) is 9.53 Å². The van der Waals surface area contributed by atoms with E-state index in [1.807, 2.05) is 19.0 Å². The molecule has 1 unspecified atom stereocenters. The smallest absolute Gasteiger partial charge is 0.314 e. The van der Waals surface area contributed by atoms with E-state index < -0.39 is 11.4 Å². The minimum absolute atomic E-state index is 0.103. The highest BCUT2D eigenvalue weighted by Gasteiger charge is 2.31. The normalized spacial score (nSPS) is 13.8. The van der Waals surface area contributed by atoms with Gasteiger partial charge in [0.1, 0.15) is 0 Å². The van der Waals surface area contributed by atoms with Crippen LogP contribution in [0.25, 0.3) is 0 Å². The first kappa shape index (κ1) is 18.7. The van der Waals surface area contributed by atoms with Crippen molar-refractivity contribution in [3.8, 4) is 0 Å². The molecule has 0 saturated carbocycles. The molecule has 0 bridgehead atoms. The molecule has 20 heavy (non-hydrogen) atoms. The summed E-state index contributed by atoms with van der Waals surface area (Å²) in [6, 6.07) is -0.373. The van der Waals surface area contributed by atoms with Gasteiger partial charge in [0.2, 0.25) is 0 Å². The number of carbonyl (C=O) groups excluding carboxylic acids is 1. The number of amides is 2. The van der Waals surface area contributed by atoms with Crippen molar-refractivity contribution in [3.63, 3.8) is 0 Å². The Balaban J connectivity index is 3.71. The quantitative estimate of drug-likeness (QED) is 0.505. The van der Waals surface area contributed by atoms with Crippen LogP contribution in [0.4, 0.5) is 4.79 Å². The summed E-state index contributed by atoms with van der Waals surface area (Å²) >= 11 is 0. The molecule has 0 aromatic heterocycles. The largest absolute Gasteiger partial charge is 0.481 e. The molecule has 2 amide bonds. The minimum Gasteiger partial charge on any atom is -0.481 e. The van der Waals surface area contributed by atoms with Crippen molar-refractivity contribution < 1.29 is 19.4 Å². The molecule has 0 heterocycles. The number of carboxylic acids is 1. The van der Waals surface area contributed by atoms with Crippen LogP contribution in [0, 0.1) is 5.41 Å². The molecule has 0 aliphatic heterocycles. The van der Waals surface area contributed by atoms with Crippen molar-refractivity contribution in [3.05, 3.63) is 0 Å². The molecule has 0 saturated heterocycles. The highest BCUT2D eigenvalue weighted by molar-refractivity contribution is 5.77. The Morgan fingerprint density at radius 3 is 2.40 bits per heavy atom. The predicted octanol–water partition coefficient (Wildman–Crippen LogP) is 0.365. The van der Waals surface area contributed by atoms with E-state index in [1.54, 1.807) is 13.8 Å². The molecule has 1 atom stereocenters. The van der Waals surface area contributed by atoms with Gasteiger partial charge in [0, 0.05) is 19.6 Å². The molecule has 0 rings (SSSR count). The van der Waals surface area contributed by atoms with E-state index >= 15 is 0 Å². The molecular weight excluding hydrogens is 262 g/mol. The van der Waals surface area contributed by atoms with Crippen LogP contribution in [0.2, 0.25) is 0 Å². The van der Waals surface area contributed by atoms with Gasteiger partial charge in [0.05, 0.1) is 18.6 Å². The number of nitrogens with one attached hydrogen (secondary N) is 2. The van der Waals surface area contributed by atoms with Gasteiger partial charge in [-0.25, -0.2) is 4.79 Å². The van der Waals surface area contributed by atoms with Crippen molar-refractivity contribution in [1.82, 2.24) is 15.5 Å². The number of hydrogen-bond donors (Lipinski definition) is 3. The molecule has 0 aliphatic carbocycles. The lowest BCUT2D eigenvalue weighted by molar-refractivity contribution is -0.147. The second kappa shape index (κ2) is 9.55. The van der Waals surface area contributed by atoms with Crippen LogP contribution in [0.15, 0.2) is 0 Å². The number of ether oxygens (including phenoxy) is 1. The van der Waals surface area contributed by atoms with E-state index in [4.69, 9.17) is 9.84 Å².